The fraction of sp³-hybridized carbons (Fsp3) is 0.391. The van der Waals surface area contributed by atoms with Crippen LogP contribution in [-0.2, 0) is 23.8 Å². The number of amides is 1. The monoisotopic (exact) mass is 913 g/mol. The number of rotatable bonds is 20. The smallest absolute Gasteiger partial charge is 0.493 e. The second kappa shape index (κ2) is 25.9. The number of carboxylic acid groups (broad SMARTS) is 1. The van der Waals surface area contributed by atoms with Gasteiger partial charge in [-0.05, 0) is 72.7 Å². The summed E-state index contributed by atoms with van der Waals surface area (Å²) in [6.07, 6.45) is -4.25. The van der Waals surface area contributed by atoms with E-state index in [2.05, 4.69) is 19.8 Å². The molecule has 0 heterocycles. The van der Waals surface area contributed by atoms with Crippen LogP contribution in [-0.4, -0.2) is 82.0 Å². The standard InChI is InChI=1S/C28H28N2O8.C16H20F3NO5.C2H6/c1-17(22-14-25(36-2)26(15-24(22)30(34)35)37-13-7-12-27(31)32)29-28(33)38-16-23-20-10-5-3-8-18(20)19-9-4-6-11-21(19)23;1-11(20-10-25-16(17,18)19)12-6-7-13(14(9-12)22-2)24-8-4-5-15(21)23-3;1-2/h3-6,8-11,14-15,17,23H,7,12-13,16H2,1-2H3,(H,29,33)(H,31,32);6-7,9-11H,4-5,8H2,1-3H3;1-2H3. The summed E-state index contributed by atoms with van der Waals surface area (Å²) in [7, 11) is 4.15. The van der Waals surface area contributed by atoms with Crippen LogP contribution in [0, 0.1) is 10.1 Å². The van der Waals surface area contributed by atoms with Crippen LogP contribution in [0.4, 0.5) is 23.7 Å². The van der Waals surface area contributed by atoms with E-state index < -0.39 is 35.4 Å². The lowest BCUT2D eigenvalue weighted by molar-refractivity contribution is -0.385. The molecule has 0 saturated heterocycles. The van der Waals surface area contributed by atoms with Crippen LogP contribution in [0.15, 0.2) is 83.9 Å². The Morgan fingerprint density at radius 3 is 1.95 bits per heavy atom. The molecule has 352 valence electrons. The number of hydrogen-bond donors (Lipinski definition) is 2. The van der Waals surface area contributed by atoms with Crippen molar-refractivity contribution in [1.82, 2.24) is 5.32 Å². The number of aliphatic carboxylic acids is 1. The zero-order valence-electron chi connectivity index (χ0n) is 37.1. The van der Waals surface area contributed by atoms with Crippen molar-refractivity contribution in [2.75, 3.05) is 41.2 Å². The van der Waals surface area contributed by atoms with Crippen LogP contribution in [0.2, 0.25) is 0 Å². The molecule has 1 aliphatic rings. The fourth-order valence-electron chi connectivity index (χ4n) is 6.47. The number of benzene rings is 4. The molecule has 4 aromatic carbocycles. The summed E-state index contributed by atoms with van der Waals surface area (Å²) in [6.45, 7) is 7.67. The van der Waals surface area contributed by atoms with Gasteiger partial charge in [-0.25, -0.2) is 4.79 Å². The van der Waals surface area contributed by atoms with E-state index in [0.29, 0.717) is 29.9 Å². The molecule has 1 amide bonds. The second-order valence-electron chi connectivity index (χ2n) is 13.8. The molecule has 0 fully saturated rings. The van der Waals surface area contributed by atoms with Gasteiger partial charge in [-0.3, -0.25) is 24.7 Å². The normalized spacial score (nSPS) is 12.4. The molecule has 2 unspecified atom stereocenters. The fourth-order valence-corrected chi connectivity index (χ4v) is 6.47. The Hall–Kier alpha value is -7.05. The average Bonchev–Trinajstić information content (AvgIpc) is 3.61. The van der Waals surface area contributed by atoms with Crippen molar-refractivity contribution in [1.29, 1.82) is 0 Å². The lowest BCUT2D eigenvalue weighted by Gasteiger charge is -2.19. The highest BCUT2D eigenvalue weighted by molar-refractivity contribution is 5.79. The van der Waals surface area contributed by atoms with E-state index in [9.17, 15) is 37.7 Å². The van der Waals surface area contributed by atoms with Gasteiger partial charge in [0.05, 0.1) is 63.2 Å². The number of methoxy groups -OCH3 is 3. The van der Waals surface area contributed by atoms with E-state index in [1.54, 1.807) is 32.0 Å². The number of halogens is 3. The minimum atomic E-state index is -4.76. The maximum absolute atomic E-state index is 12.7. The largest absolute Gasteiger partial charge is 0.573 e. The number of aliphatic imine (C=N–C) groups is 1. The number of nitro benzene ring substituents is 1. The summed E-state index contributed by atoms with van der Waals surface area (Å²) in [5.74, 6) is -0.193. The van der Waals surface area contributed by atoms with Gasteiger partial charge in [0, 0.05) is 18.8 Å². The van der Waals surface area contributed by atoms with Gasteiger partial charge < -0.3 is 43.6 Å². The summed E-state index contributed by atoms with van der Waals surface area (Å²) >= 11 is 0. The number of ether oxygens (including phenoxy) is 7. The van der Waals surface area contributed by atoms with E-state index in [0.717, 1.165) is 22.3 Å². The molecule has 0 bridgehead atoms. The quantitative estimate of drug-likeness (QED) is 0.0212. The molecular formula is C46H54F3N3O13. The Kier molecular flexibility index (Phi) is 20.8. The zero-order chi connectivity index (χ0) is 48.1. The molecular weight excluding hydrogens is 860 g/mol. The summed E-state index contributed by atoms with van der Waals surface area (Å²) in [5.41, 5.74) is 4.93. The first-order valence-corrected chi connectivity index (χ1v) is 20.5. The number of nitrogens with zero attached hydrogens (tertiary/aromatic N) is 2. The highest BCUT2D eigenvalue weighted by Gasteiger charge is 2.31. The summed E-state index contributed by atoms with van der Waals surface area (Å²) in [6, 6.07) is 22.2. The van der Waals surface area contributed by atoms with E-state index in [1.165, 1.54) is 33.5 Å². The van der Waals surface area contributed by atoms with Crippen LogP contribution < -0.4 is 24.3 Å². The summed E-state index contributed by atoms with van der Waals surface area (Å²) < 4.78 is 71.0. The third-order valence-corrected chi connectivity index (χ3v) is 9.60. The number of alkyl halides is 3. The SMILES string of the molecule is CC.COC(=O)CCCOc1ccc(C(C)N=COC(F)(F)F)cc1OC.COc1cc(C(C)NC(=O)OCC2c3ccccc3-c3ccccc32)c([N+](=O)[O-])cc1OCCCC(=O)O. The Bertz CT molecular complexity index is 2190. The third-order valence-electron chi connectivity index (χ3n) is 9.60. The summed E-state index contributed by atoms with van der Waals surface area (Å²) in [5, 5.41) is 23.2. The van der Waals surface area contributed by atoms with Gasteiger partial charge in [-0.2, -0.15) is 0 Å². The predicted octanol–water partition coefficient (Wildman–Crippen LogP) is 10.1. The molecule has 19 heteroatoms. The van der Waals surface area contributed by atoms with Crippen molar-refractivity contribution in [3.05, 3.63) is 111 Å². The highest BCUT2D eigenvalue weighted by atomic mass is 19.4. The Labute approximate surface area is 374 Å². The van der Waals surface area contributed by atoms with Crippen molar-refractivity contribution in [3.8, 4) is 34.1 Å². The van der Waals surface area contributed by atoms with Crippen LogP contribution in [0.3, 0.4) is 0 Å². The Morgan fingerprint density at radius 1 is 0.831 bits per heavy atom. The van der Waals surface area contributed by atoms with Crippen LogP contribution in [0.1, 0.15) is 93.6 Å². The maximum Gasteiger partial charge on any atom is 0.573 e. The lowest BCUT2D eigenvalue weighted by Crippen LogP contribution is -2.29. The topological polar surface area (TPSA) is 204 Å². The van der Waals surface area contributed by atoms with Crippen molar-refractivity contribution in [3.63, 3.8) is 0 Å². The number of carbonyl (C=O) groups is 3. The third kappa shape index (κ3) is 15.9. The number of hydrogen-bond acceptors (Lipinski definition) is 13. The van der Waals surface area contributed by atoms with Crippen LogP contribution in [0.25, 0.3) is 11.1 Å². The highest BCUT2D eigenvalue weighted by Crippen LogP contribution is 2.45. The van der Waals surface area contributed by atoms with Gasteiger partial charge in [0.15, 0.2) is 29.4 Å². The summed E-state index contributed by atoms with van der Waals surface area (Å²) in [4.78, 5) is 49.4. The first kappa shape index (κ1) is 52.3. The first-order chi connectivity index (χ1) is 31.1. The number of carboxylic acids is 1. The number of alkyl carbamates (subject to hydrolysis) is 1. The molecule has 2 atom stereocenters. The van der Waals surface area contributed by atoms with Gasteiger partial charge >= 0.3 is 24.4 Å². The van der Waals surface area contributed by atoms with Crippen molar-refractivity contribution >= 4 is 30.1 Å². The molecule has 0 radical (unpaired) electrons. The predicted molar refractivity (Wildman–Crippen MR) is 234 cm³/mol. The van der Waals surface area contributed by atoms with Gasteiger partial charge in [0.2, 0.25) is 0 Å². The Morgan fingerprint density at radius 2 is 1.40 bits per heavy atom. The minimum Gasteiger partial charge on any atom is -0.493 e. The van der Waals surface area contributed by atoms with Crippen LogP contribution >= 0.6 is 0 Å². The number of esters is 1. The minimum absolute atomic E-state index is 0.0483. The molecule has 4 aromatic rings. The van der Waals surface area contributed by atoms with E-state index in [-0.39, 0.29) is 73.7 Å². The molecule has 1 aliphatic carbocycles. The van der Waals surface area contributed by atoms with E-state index in [4.69, 9.17) is 28.8 Å². The Balaban J connectivity index is 0.000000362. The molecule has 0 aliphatic heterocycles. The van der Waals surface area contributed by atoms with Crippen LogP contribution in [0.5, 0.6) is 23.0 Å². The molecule has 16 nitrogen and oxygen atoms in total. The lowest BCUT2D eigenvalue weighted by atomic mass is 9.98. The first-order valence-electron chi connectivity index (χ1n) is 20.5. The molecule has 65 heavy (non-hydrogen) atoms. The van der Waals surface area contributed by atoms with Gasteiger partial charge in [-0.15, -0.1) is 13.2 Å². The number of nitrogens with one attached hydrogen (secondary N) is 1. The van der Waals surface area contributed by atoms with Crippen molar-refractivity contribution < 1.29 is 70.7 Å². The average molecular weight is 914 g/mol. The van der Waals surface area contributed by atoms with Crippen molar-refractivity contribution in [2.24, 2.45) is 4.99 Å². The molecule has 2 N–H and O–H groups in total. The molecule has 0 spiro atoms. The van der Waals surface area contributed by atoms with Gasteiger partial charge in [0.1, 0.15) is 6.61 Å². The molecule has 0 aromatic heterocycles. The second-order valence-corrected chi connectivity index (χ2v) is 13.8. The number of fused-ring (bicyclic) bond motifs is 3. The van der Waals surface area contributed by atoms with E-state index >= 15 is 0 Å². The number of carbonyl (C=O) groups excluding carboxylic acids is 2. The molecule has 5 rings (SSSR count). The molecule has 0 saturated carbocycles. The number of nitro groups is 1. The van der Waals surface area contributed by atoms with E-state index in [1.807, 2.05) is 62.4 Å². The zero-order valence-corrected chi connectivity index (χ0v) is 37.1. The maximum atomic E-state index is 12.7. The van der Waals surface area contributed by atoms with Gasteiger partial charge in [0.25, 0.3) is 5.69 Å². The van der Waals surface area contributed by atoms with Crippen molar-refractivity contribution in [2.45, 2.75) is 77.7 Å². The van der Waals surface area contributed by atoms with Gasteiger partial charge in [-0.1, -0.05) is 68.4 Å².